The highest BCUT2D eigenvalue weighted by Gasteiger charge is 2.22. The van der Waals surface area contributed by atoms with Gasteiger partial charge in [-0.1, -0.05) is 42.8 Å². The molecular weight excluding hydrogens is 272 g/mol. The number of benzene rings is 2. The number of rotatable bonds is 5. The molecule has 0 aromatic heterocycles. The molecule has 0 saturated carbocycles. The van der Waals surface area contributed by atoms with Gasteiger partial charge in [0.2, 0.25) is 5.82 Å². The third kappa shape index (κ3) is 3.58. The number of halogens is 2. The first-order valence-electron chi connectivity index (χ1n) is 6.95. The van der Waals surface area contributed by atoms with Gasteiger partial charge in [-0.25, -0.2) is 4.39 Å². The van der Waals surface area contributed by atoms with Gasteiger partial charge in [-0.2, -0.15) is 4.39 Å². The summed E-state index contributed by atoms with van der Waals surface area (Å²) in [7, 11) is 0. The topological polar surface area (TPSA) is 35.2 Å². The first-order valence-corrected chi connectivity index (χ1v) is 6.95. The Bertz CT molecular complexity index is 598. The summed E-state index contributed by atoms with van der Waals surface area (Å²) >= 11 is 0. The van der Waals surface area contributed by atoms with Crippen LogP contribution < -0.4 is 10.5 Å². The zero-order valence-electron chi connectivity index (χ0n) is 12.1. The molecule has 21 heavy (non-hydrogen) atoms. The summed E-state index contributed by atoms with van der Waals surface area (Å²) in [6.45, 7) is 3.91. The second-order valence-electron chi connectivity index (χ2n) is 5.07. The lowest BCUT2D eigenvalue weighted by atomic mass is 10.00. The molecule has 2 rings (SSSR count). The summed E-state index contributed by atoms with van der Waals surface area (Å²) in [4.78, 5) is 0. The molecule has 2 aromatic carbocycles. The van der Waals surface area contributed by atoms with Crippen molar-refractivity contribution in [2.45, 2.75) is 32.4 Å². The van der Waals surface area contributed by atoms with Crippen molar-refractivity contribution in [2.24, 2.45) is 5.73 Å². The Hall–Kier alpha value is -1.94. The van der Waals surface area contributed by atoms with E-state index in [0.717, 1.165) is 17.2 Å². The smallest absolute Gasteiger partial charge is 0.200 e. The van der Waals surface area contributed by atoms with Crippen LogP contribution in [-0.2, 0) is 0 Å². The molecule has 2 unspecified atom stereocenters. The van der Waals surface area contributed by atoms with Crippen molar-refractivity contribution in [3.8, 4) is 5.75 Å². The van der Waals surface area contributed by atoms with E-state index in [9.17, 15) is 8.78 Å². The molecule has 2 aromatic rings. The molecular formula is C17H19F2NO. The Kier molecular flexibility index (Phi) is 4.91. The first kappa shape index (κ1) is 15.4. The van der Waals surface area contributed by atoms with E-state index in [-0.39, 0.29) is 11.8 Å². The van der Waals surface area contributed by atoms with Crippen LogP contribution in [0, 0.1) is 18.6 Å². The summed E-state index contributed by atoms with van der Waals surface area (Å²) in [5, 5.41) is 0. The van der Waals surface area contributed by atoms with Crippen molar-refractivity contribution < 1.29 is 13.5 Å². The summed E-state index contributed by atoms with van der Waals surface area (Å²) in [5.74, 6) is -2.04. The van der Waals surface area contributed by atoms with Crippen LogP contribution in [0.1, 0.15) is 30.6 Å². The van der Waals surface area contributed by atoms with E-state index in [1.165, 1.54) is 12.1 Å². The predicted octanol–water partition coefficient (Wildman–Crippen LogP) is 4.13. The van der Waals surface area contributed by atoms with Crippen LogP contribution in [0.4, 0.5) is 8.78 Å². The summed E-state index contributed by atoms with van der Waals surface area (Å²) < 4.78 is 32.7. The Balaban J connectivity index is 2.33. The molecule has 0 aliphatic heterocycles. The van der Waals surface area contributed by atoms with E-state index in [1.54, 1.807) is 0 Å². The number of hydrogen-bond acceptors (Lipinski definition) is 2. The van der Waals surface area contributed by atoms with E-state index >= 15 is 0 Å². The van der Waals surface area contributed by atoms with Crippen LogP contribution in [0.3, 0.4) is 0 Å². The summed E-state index contributed by atoms with van der Waals surface area (Å²) in [6, 6.07) is 11.2. The Morgan fingerprint density at radius 1 is 1.10 bits per heavy atom. The molecule has 0 amide bonds. The fourth-order valence-electron chi connectivity index (χ4n) is 2.08. The molecule has 4 heteroatoms. The highest BCUT2D eigenvalue weighted by molar-refractivity contribution is 5.29. The van der Waals surface area contributed by atoms with E-state index in [4.69, 9.17) is 10.5 Å². The van der Waals surface area contributed by atoms with Crippen LogP contribution >= 0.6 is 0 Å². The summed E-state index contributed by atoms with van der Waals surface area (Å²) in [5.41, 5.74) is 8.04. The van der Waals surface area contributed by atoms with Gasteiger partial charge in [-0.15, -0.1) is 0 Å². The zero-order chi connectivity index (χ0) is 15.4. The van der Waals surface area contributed by atoms with Crippen molar-refractivity contribution in [3.63, 3.8) is 0 Å². The zero-order valence-corrected chi connectivity index (χ0v) is 12.1. The van der Waals surface area contributed by atoms with Crippen molar-refractivity contribution in [1.29, 1.82) is 0 Å². The lowest BCUT2D eigenvalue weighted by molar-refractivity contribution is 0.162. The minimum absolute atomic E-state index is 0.121. The van der Waals surface area contributed by atoms with Crippen molar-refractivity contribution in [1.82, 2.24) is 0 Å². The van der Waals surface area contributed by atoms with Crippen molar-refractivity contribution >= 4 is 0 Å². The highest BCUT2D eigenvalue weighted by atomic mass is 19.2. The molecule has 0 radical (unpaired) electrons. The van der Waals surface area contributed by atoms with Gasteiger partial charge in [-0.3, -0.25) is 0 Å². The fraction of sp³-hybridized carbons (Fsp3) is 0.294. The molecule has 0 spiro atoms. The molecule has 0 fully saturated rings. The number of aryl methyl sites for hydroxylation is 1. The van der Waals surface area contributed by atoms with E-state index in [1.807, 2.05) is 38.1 Å². The second-order valence-corrected chi connectivity index (χ2v) is 5.07. The maximum atomic E-state index is 13.8. The van der Waals surface area contributed by atoms with E-state index in [0.29, 0.717) is 6.42 Å². The average Bonchev–Trinajstić information content (AvgIpc) is 2.49. The molecule has 2 N–H and O–H groups in total. The van der Waals surface area contributed by atoms with Gasteiger partial charge in [-0.05, 0) is 31.0 Å². The maximum Gasteiger partial charge on any atom is 0.200 e. The van der Waals surface area contributed by atoms with E-state index < -0.39 is 17.7 Å². The number of hydrogen-bond donors (Lipinski definition) is 1. The lowest BCUT2D eigenvalue weighted by Crippen LogP contribution is -2.31. The fourth-order valence-corrected chi connectivity index (χ4v) is 2.08. The van der Waals surface area contributed by atoms with Gasteiger partial charge < -0.3 is 10.5 Å². The Labute approximate surface area is 123 Å². The SMILES string of the molecule is CCC(N)C(Oc1cccc(F)c1F)c1ccc(C)cc1. The molecule has 0 saturated heterocycles. The van der Waals surface area contributed by atoms with Gasteiger partial charge >= 0.3 is 0 Å². The monoisotopic (exact) mass is 291 g/mol. The minimum atomic E-state index is -0.988. The maximum absolute atomic E-state index is 13.8. The van der Waals surface area contributed by atoms with Crippen LogP contribution in [0.25, 0.3) is 0 Å². The lowest BCUT2D eigenvalue weighted by Gasteiger charge is -2.25. The van der Waals surface area contributed by atoms with Crippen LogP contribution in [-0.4, -0.2) is 6.04 Å². The summed E-state index contributed by atoms with van der Waals surface area (Å²) in [6.07, 6.45) is 0.141. The van der Waals surface area contributed by atoms with E-state index in [2.05, 4.69) is 0 Å². The van der Waals surface area contributed by atoms with Gasteiger partial charge in [0.15, 0.2) is 11.6 Å². The number of nitrogens with two attached hydrogens (primary N) is 1. The highest BCUT2D eigenvalue weighted by Crippen LogP contribution is 2.28. The minimum Gasteiger partial charge on any atom is -0.481 e. The van der Waals surface area contributed by atoms with Gasteiger partial charge in [0.25, 0.3) is 0 Å². The molecule has 112 valence electrons. The molecule has 2 atom stereocenters. The third-order valence-electron chi connectivity index (χ3n) is 3.44. The molecule has 2 nitrogen and oxygen atoms in total. The molecule has 0 aliphatic carbocycles. The largest absolute Gasteiger partial charge is 0.481 e. The van der Waals surface area contributed by atoms with Crippen molar-refractivity contribution in [3.05, 3.63) is 65.2 Å². The second kappa shape index (κ2) is 6.68. The van der Waals surface area contributed by atoms with Gasteiger partial charge in [0.05, 0.1) is 0 Å². The third-order valence-corrected chi connectivity index (χ3v) is 3.44. The van der Waals surface area contributed by atoms with Crippen LogP contribution in [0.15, 0.2) is 42.5 Å². The van der Waals surface area contributed by atoms with Crippen LogP contribution in [0.5, 0.6) is 5.75 Å². The molecule has 0 aliphatic rings. The molecule has 0 heterocycles. The van der Waals surface area contributed by atoms with Crippen LogP contribution in [0.2, 0.25) is 0 Å². The first-order chi connectivity index (χ1) is 10.0. The average molecular weight is 291 g/mol. The number of ether oxygens (including phenoxy) is 1. The standard InChI is InChI=1S/C17H19F2NO/c1-3-14(20)17(12-9-7-11(2)8-10-12)21-15-6-4-5-13(18)16(15)19/h4-10,14,17H,3,20H2,1-2H3. The predicted molar refractivity (Wildman–Crippen MR) is 79.2 cm³/mol. The van der Waals surface area contributed by atoms with Gasteiger partial charge in [0, 0.05) is 6.04 Å². The normalized spacial score (nSPS) is 13.8. The van der Waals surface area contributed by atoms with Gasteiger partial charge in [0.1, 0.15) is 6.10 Å². The Morgan fingerprint density at radius 3 is 2.38 bits per heavy atom. The quantitative estimate of drug-likeness (QED) is 0.899. The van der Waals surface area contributed by atoms with Crippen molar-refractivity contribution in [2.75, 3.05) is 0 Å². The molecule has 0 bridgehead atoms. The Morgan fingerprint density at radius 2 is 1.76 bits per heavy atom.